The van der Waals surface area contributed by atoms with E-state index in [9.17, 15) is 4.79 Å². The summed E-state index contributed by atoms with van der Waals surface area (Å²) in [6.45, 7) is 6.36. The molecule has 1 atom stereocenters. The molecule has 0 aliphatic heterocycles. The molecule has 0 spiro atoms. The van der Waals surface area contributed by atoms with Gasteiger partial charge in [-0.25, -0.2) is 4.98 Å². The lowest BCUT2D eigenvalue weighted by Crippen LogP contribution is -2.37. The van der Waals surface area contributed by atoms with Gasteiger partial charge in [-0.05, 0) is 46.3 Å². The molecule has 5 heteroatoms. The third-order valence-electron chi connectivity index (χ3n) is 3.80. The van der Waals surface area contributed by atoms with Gasteiger partial charge in [0.2, 0.25) is 0 Å². The maximum absolute atomic E-state index is 12.4. The zero-order valence-corrected chi connectivity index (χ0v) is 15.8. The first kappa shape index (κ1) is 18.0. The number of halogens is 2. The molecule has 0 fully saturated rings. The van der Waals surface area contributed by atoms with Crippen molar-refractivity contribution < 1.29 is 4.79 Å². The molecule has 1 heterocycles. The molecule has 0 aliphatic rings. The number of benzene rings is 1. The molecule has 0 radical (unpaired) electrons. The largest absolute Gasteiger partial charge is 0.349 e. The molecule has 0 saturated heterocycles. The standard InChI is InChI=1S/C18H20BrClN2O/c1-12(10-18(2,3)13-7-5-4-6-8-13)22-17(23)15-9-14(19)11-21-16(15)20/h4-9,11-12H,10H2,1-3H3,(H,22,23). The summed E-state index contributed by atoms with van der Waals surface area (Å²) in [6.07, 6.45) is 2.39. The van der Waals surface area contributed by atoms with Gasteiger partial charge in [-0.3, -0.25) is 4.79 Å². The van der Waals surface area contributed by atoms with Crippen molar-refractivity contribution in [3.05, 3.63) is 63.3 Å². The second-order valence-electron chi connectivity index (χ2n) is 6.32. The van der Waals surface area contributed by atoms with E-state index in [0.717, 1.165) is 10.9 Å². The van der Waals surface area contributed by atoms with Gasteiger partial charge in [0.15, 0.2) is 0 Å². The molecular formula is C18H20BrClN2O. The van der Waals surface area contributed by atoms with Crippen molar-refractivity contribution in [2.24, 2.45) is 0 Å². The predicted octanol–water partition coefficient (Wildman–Crippen LogP) is 4.98. The zero-order chi connectivity index (χ0) is 17.0. The SMILES string of the molecule is CC(CC(C)(C)c1ccccc1)NC(=O)c1cc(Br)cnc1Cl. The van der Waals surface area contributed by atoms with E-state index in [1.807, 2.05) is 25.1 Å². The van der Waals surface area contributed by atoms with E-state index in [1.54, 1.807) is 12.3 Å². The second-order valence-corrected chi connectivity index (χ2v) is 7.59. The highest BCUT2D eigenvalue weighted by atomic mass is 79.9. The third kappa shape index (κ3) is 4.79. The van der Waals surface area contributed by atoms with Gasteiger partial charge in [-0.1, -0.05) is 55.8 Å². The van der Waals surface area contributed by atoms with Crippen molar-refractivity contribution >= 4 is 33.4 Å². The van der Waals surface area contributed by atoms with E-state index in [4.69, 9.17) is 11.6 Å². The Hall–Kier alpha value is -1.39. The lowest BCUT2D eigenvalue weighted by atomic mass is 9.79. The van der Waals surface area contributed by atoms with Crippen LogP contribution < -0.4 is 5.32 Å². The normalized spacial score (nSPS) is 12.7. The molecule has 1 unspecified atom stereocenters. The van der Waals surface area contributed by atoms with Gasteiger partial charge in [-0.15, -0.1) is 0 Å². The molecule has 0 aliphatic carbocycles. The Morgan fingerprint density at radius 2 is 2.00 bits per heavy atom. The summed E-state index contributed by atoms with van der Waals surface area (Å²) >= 11 is 9.32. The quantitative estimate of drug-likeness (QED) is 0.725. The Kier molecular flexibility index (Phi) is 5.82. The molecule has 1 amide bonds. The lowest BCUT2D eigenvalue weighted by molar-refractivity contribution is 0.0934. The van der Waals surface area contributed by atoms with E-state index in [0.29, 0.717) is 5.56 Å². The fourth-order valence-electron chi connectivity index (χ4n) is 2.71. The average molecular weight is 396 g/mol. The molecule has 1 N–H and O–H groups in total. The van der Waals surface area contributed by atoms with Crippen LogP contribution in [0.1, 0.15) is 43.1 Å². The highest BCUT2D eigenvalue weighted by Crippen LogP contribution is 2.28. The van der Waals surface area contributed by atoms with Crippen LogP contribution in [0.25, 0.3) is 0 Å². The summed E-state index contributed by atoms with van der Waals surface area (Å²) in [5.74, 6) is -0.208. The first-order chi connectivity index (χ1) is 10.8. The fraction of sp³-hybridized carbons (Fsp3) is 0.333. The van der Waals surface area contributed by atoms with Gasteiger partial charge in [0.1, 0.15) is 5.15 Å². The Morgan fingerprint density at radius 3 is 2.65 bits per heavy atom. The summed E-state index contributed by atoms with van der Waals surface area (Å²) in [5, 5.41) is 3.21. The van der Waals surface area contributed by atoms with Gasteiger partial charge in [0.25, 0.3) is 5.91 Å². The monoisotopic (exact) mass is 394 g/mol. The minimum absolute atomic E-state index is 0.00718. The third-order valence-corrected chi connectivity index (χ3v) is 4.53. The number of hydrogen-bond donors (Lipinski definition) is 1. The van der Waals surface area contributed by atoms with Crippen molar-refractivity contribution in [2.45, 2.75) is 38.6 Å². The molecule has 122 valence electrons. The van der Waals surface area contributed by atoms with Crippen LogP contribution in [0.2, 0.25) is 5.15 Å². The first-order valence-corrected chi connectivity index (χ1v) is 8.64. The van der Waals surface area contributed by atoms with Crippen molar-refractivity contribution in [1.29, 1.82) is 0 Å². The summed E-state index contributed by atoms with van der Waals surface area (Å²) in [7, 11) is 0. The van der Waals surface area contributed by atoms with Crippen molar-refractivity contribution in [1.82, 2.24) is 10.3 Å². The molecular weight excluding hydrogens is 376 g/mol. The van der Waals surface area contributed by atoms with Crippen molar-refractivity contribution in [3.8, 4) is 0 Å². The Labute approximate surface area is 150 Å². The number of carbonyl (C=O) groups excluding carboxylic acids is 1. The van der Waals surface area contributed by atoms with E-state index in [2.05, 4.69) is 52.2 Å². The number of pyridine rings is 1. The number of rotatable bonds is 5. The molecule has 0 saturated carbocycles. The first-order valence-electron chi connectivity index (χ1n) is 7.47. The summed E-state index contributed by atoms with van der Waals surface area (Å²) in [6, 6.07) is 12.0. The van der Waals surface area contributed by atoms with Crippen molar-refractivity contribution in [2.75, 3.05) is 0 Å². The van der Waals surface area contributed by atoms with Crippen molar-refractivity contribution in [3.63, 3.8) is 0 Å². The zero-order valence-electron chi connectivity index (χ0n) is 13.4. The minimum Gasteiger partial charge on any atom is -0.349 e. The van der Waals surface area contributed by atoms with Crippen LogP contribution in [0.4, 0.5) is 0 Å². The minimum atomic E-state index is -0.208. The second kappa shape index (κ2) is 7.45. The van der Waals surface area contributed by atoms with Crippen LogP contribution >= 0.6 is 27.5 Å². The van der Waals surface area contributed by atoms with E-state index in [-0.39, 0.29) is 22.5 Å². The highest BCUT2D eigenvalue weighted by Gasteiger charge is 2.24. The van der Waals surface area contributed by atoms with Crippen LogP contribution in [0.15, 0.2) is 47.1 Å². The predicted molar refractivity (Wildman–Crippen MR) is 98.0 cm³/mol. The maximum Gasteiger partial charge on any atom is 0.254 e. The highest BCUT2D eigenvalue weighted by molar-refractivity contribution is 9.10. The number of nitrogens with zero attached hydrogens (tertiary/aromatic N) is 1. The molecule has 0 bridgehead atoms. The van der Waals surface area contributed by atoms with Gasteiger partial charge >= 0.3 is 0 Å². The van der Waals surface area contributed by atoms with Gasteiger partial charge in [0, 0.05) is 16.7 Å². The topological polar surface area (TPSA) is 42.0 Å². The summed E-state index contributed by atoms with van der Waals surface area (Å²) < 4.78 is 0.726. The van der Waals surface area contributed by atoms with Crippen LogP contribution in [0, 0.1) is 0 Å². The van der Waals surface area contributed by atoms with Gasteiger partial charge in [0.05, 0.1) is 5.56 Å². The fourth-order valence-corrected chi connectivity index (χ4v) is 3.23. The number of hydrogen-bond acceptors (Lipinski definition) is 2. The Morgan fingerprint density at radius 1 is 1.35 bits per heavy atom. The molecule has 1 aromatic carbocycles. The van der Waals surface area contributed by atoms with E-state index in [1.165, 1.54) is 5.56 Å². The molecule has 3 nitrogen and oxygen atoms in total. The Bertz CT molecular complexity index is 689. The maximum atomic E-state index is 12.4. The van der Waals surface area contributed by atoms with Gasteiger partial charge in [-0.2, -0.15) is 0 Å². The van der Waals surface area contributed by atoms with Gasteiger partial charge < -0.3 is 5.32 Å². The molecule has 2 rings (SSSR count). The number of amides is 1. The number of carbonyl (C=O) groups is 1. The Balaban J connectivity index is 2.06. The average Bonchev–Trinajstić information content (AvgIpc) is 2.50. The molecule has 23 heavy (non-hydrogen) atoms. The van der Waals surface area contributed by atoms with Crippen LogP contribution in [0.5, 0.6) is 0 Å². The number of aromatic nitrogens is 1. The molecule has 2 aromatic rings. The lowest BCUT2D eigenvalue weighted by Gasteiger charge is -2.29. The van der Waals surface area contributed by atoms with E-state index >= 15 is 0 Å². The smallest absolute Gasteiger partial charge is 0.254 e. The summed E-state index contributed by atoms with van der Waals surface area (Å²) in [5.41, 5.74) is 1.60. The van der Waals surface area contributed by atoms with Crippen LogP contribution in [0.3, 0.4) is 0 Å². The number of nitrogens with one attached hydrogen (secondary N) is 1. The summed E-state index contributed by atoms with van der Waals surface area (Å²) in [4.78, 5) is 16.4. The van der Waals surface area contributed by atoms with Crippen LogP contribution in [-0.4, -0.2) is 16.9 Å². The van der Waals surface area contributed by atoms with Crippen LogP contribution in [-0.2, 0) is 5.41 Å². The molecule has 1 aromatic heterocycles. The van der Waals surface area contributed by atoms with E-state index < -0.39 is 0 Å².